The molecule has 1 aromatic rings. The fraction of sp³-hybridized carbons (Fsp3) is 0.526. The van der Waals surface area contributed by atoms with Crippen LogP contribution in [0.15, 0.2) is 12.1 Å². The topological polar surface area (TPSA) is 137 Å². The van der Waals surface area contributed by atoms with Crippen molar-refractivity contribution in [2.45, 2.75) is 55.7 Å². The Balaban J connectivity index is 1.46. The quantitative estimate of drug-likeness (QED) is 0.398. The van der Waals surface area contributed by atoms with E-state index < -0.39 is 30.6 Å². The average Bonchev–Trinajstić information content (AvgIpc) is 3.16. The lowest BCUT2D eigenvalue weighted by molar-refractivity contribution is -0.133. The van der Waals surface area contributed by atoms with E-state index in [0.29, 0.717) is 18.4 Å². The minimum Gasteiger partial charge on any atom is -0.534 e. The molecule has 4 N–H and O–H groups in total. The average molecular weight is 415 g/mol. The van der Waals surface area contributed by atoms with Crippen LogP contribution in [0.5, 0.6) is 11.5 Å². The standard InChI is InChI=1S/C19H22BN3O7/c1-29-12-5-2-9-6-13(20(28)30-15(9)14(12)16(24)25)23-17(26)19(22-18(23)27)7-10-3-4-11(8-19)21-10/h2,5,10-11,13,21,28H,3-4,6-8H2,1H3,(H,22,27)(H,24,25)/t10-,11+,13-,19?/m0/s1. The van der Waals surface area contributed by atoms with Crippen LogP contribution in [0, 0.1) is 0 Å². The van der Waals surface area contributed by atoms with Crippen molar-refractivity contribution in [2.24, 2.45) is 0 Å². The van der Waals surface area contributed by atoms with Crippen molar-refractivity contribution in [2.75, 3.05) is 7.11 Å². The molecule has 0 aliphatic carbocycles. The van der Waals surface area contributed by atoms with Gasteiger partial charge in [-0.05, 0) is 43.7 Å². The fourth-order valence-corrected chi connectivity index (χ4v) is 5.39. The summed E-state index contributed by atoms with van der Waals surface area (Å²) in [4.78, 5) is 38.9. The van der Waals surface area contributed by atoms with E-state index in [2.05, 4.69) is 10.6 Å². The number of hydrogen-bond acceptors (Lipinski definition) is 7. The summed E-state index contributed by atoms with van der Waals surface area (Å²) in [6, 6.07) is 2.94. The van der Waals surface area contributed by atoms with Gasteiger partial charge in [0.2, 0.25) is 0 Å². The first-order valence-corrected chi connectivity index (χ1v) is 10.0. The monoisotopic (exact) mass is 415 g/mol. The number of imide groups is 1. The van der Waals surface area contributed by atoms with Crippen LogP contribution in [0.25, 0.3) is 0 Å². The highest BCUT2D eigenvalue weighted by Gasteiger charge is 2.60. The number of amides is 3. The lowest BCUT2D eigenvalue weighted by atomic mass is 9.70. The molecular formula is C19H22BN3O7. The van der Waals surface area contributed by atoms with Gasteiger partial charge < -0.3 is 30.2 Å². The number of nitrogens with zero attached hydrogens (tertiary/aromatic N) is 1. The molecule has 1 spiro atoms. The van der Waals surface area contributed by atoms with Crippen LogP contribution < -0.4 is 20.0 Å². The maximum Gasteiger partial charge on any atom is 0.547 e. The molecule has 4 aliphatic rings. The molecule has 1 unspecified atom stereocenters. The number of ether oxygens (including phenoxy) is 1. The van der Waals surface area contributed by atoms with Crippen LogP contribution in [-0.2, 0) is 11.2 Å². The summed E-state index contributed by atoms with van der Waals surface area (Å²) in [6.07, 6.45) is 3.06. The molecule has 11 heteroatoms. The molecule has 0 radical (unpaired) electrons. The number of rotatable bonds is 3. The first-order valence-electron chi connectivity index (χ1n) is 10.0. The van der Waals surface area contributed by atoms with Gasteiger partial charge in [0.1, 0.15) is 22.6 Å². The molecule has 4 aliphatic heterocycles. The summed E-state index contributed by atoms with van der Waals surface area (Å²) in [5.41, 5.74) is -0.674. The van der Waals surface area contributed by atoms with Crippen LogP contribution in [0.2, 0.25) is 0 Å². The number of hydrogen-bond donors (Lipinski definition) is 4. The third-order valence-corrected chi connectivity index (χ3v) is 6.68. The van der Waals surface area contributed by atoms with Gasteiger partial charge in [-0.3, -0.25) is 9.69 Å². The highest BCUT2D eigenvalue weighted by molar-refractivity contribution is 6.47. The molecule has 3 fully saturated rings. The zero-order chi connectivity index (χ0) is 21.2. The van der Waals surface area contributed by atoms with Crippen LogP contribution in [0.3, 0.4) is 0 Å². The van der Waals surface area contributed by atoms with Crippen molar-refractivity contribution in [3.8, 4) is 11.5 Å². The van der Waals surface area contributed by atoms with E-state index in [4.69, 9.17) is 9.39 Å². The van der Waals surface area contributed by atoms with Gasteiger partial charge in [0.05, 0.1) is 13.1 Å². The van der Waals surface area contributed by atoms with Crippen LogP contribution >= 0.6 is 0 Å². The number of piperidine rings is 1. The van der Waals surface area contributed by atoms with Gasteiger partial charge in [-0.2, -0.15) is 0 Å². The SMILES string of the molecule is COc1ccc2c(c1C(=O)O)OB(O)[C@@H](N1C(=O)NC3(C[C@H]4CC[C@@H](C3)N4)C1=O)C2. The van der Waals surface area contributed by atoms with E-state index in [1.165, 1.54) is 13.2 Å². The molecule has 2 bridgehead atoms. The van der Waals surface area contributed by atoms with Crippen molar-refractivity contribution in [3.05, 3.63) is 23.3 Å². The molecule has 4 atom stereocenters. The minimum absolute atomic E-state index is 0.00715. The molecule has 4 heterocycles. The number of carbonyl (C=O) groups excluding carboxylic acids is 2. The molecule has 0 saturated carbocycles. The number of carboxylic acids is 1. The highest BCUT2D eigenvalue weighted by Crippen LogP contribution is 2.41. The third kappa shape index (κ3) is 2.68. The van der Waals surface area contributed by atoms with Gasteiger partial charge in [-0.15, -0.1) is 0 Å². The Labute approximate surface area is 172 Å². The molecule has 1 aromatic carbocycles. The summed E-state index contributed by atoms with van der Waals surface area (Å²) < 4.78 is 10.6. The van der Waals surface area contributed by atoms with E-state index in [1.54, 1.807) is 6.07 Å². The molecule has 30 heavy (non-hydrogen) atoms. The first-order chi connectivity index (χ1) is 14.3. The third-order valence-electron chi connectivity index (χ3n) is 6.68. The summed E-state index contributed by atoms with van der Waals surface area (Å²) in [6.45, 7) is 0. The number of carbonyl (C=O) groups is 3. The predicted octanol–water partition coefficient (Wildman–Crippen LogP) is -0.0784. The largest absolute Gasteiger partial charge is 0.547 e. The lowest BCUT2D eigenvalue weighted by Gasteiger charge is -2.37. The molecular weight excluding hydrogens is 393 g/mol. The predicted molar refractivity (Wildman–Crippen MR) is 103 cm³/mol. The Morgan fingerprint density at radius 3 is 2.63 bits per heavy atom. The number of methoxy groups -OCH3 is 1. The summed E-state index contributed by atoms with van der Waals surface area (Å²) >= 11 is 0. The maximum atomic E-state index is 13.4. The lowest BCUT2D eigenvalue weighted by Crippen LogP contribution is -2.59. The summed E-state index contributed by atoms with van der Waals surface area (Å²) in [5.74, 6) is -2.47. The Morgan fingerprint density at radius 1 is 1.30 bits per heavy atom. The Morgan fingerprint density at radius 2 is 2.00 bits per heavy atom. The molecule has 5 rings (SSSR count). The summed E-state index contributed by atoms with van der Waals surface area (Å²) in [5, 5.41) is 26.5. The Kier molecular flexibility index (Phi) is 4.23. The van der Waals surface area contributed by atoms with Crippen molar-refractivity contribution in [1.82, 2.24) is 15.5 Å². The second-order valence-corrected chi connectivity index (χ2v) is 8.45. The van der Waals surface area contributed by atoms with Gasteiger partial charge in [-0.25, -0.2) is 9.59 Å². The summed E-state index contributed by atoms with van der Waals surface area (Å²) in [7, 11) is -0.208. The van der Waals surface area contributed by atoms with E-state index in [1.807, 2.05) is 0 Å². The minimum atomic E-state index is -1.55. The van der Waals surface area contributed by atoms with Gasteiger partial charge in [-0.1, -0.05) is 6.07 Å². The van der Waals surface area contributed by atoms with E-state index in [9.17, 15) is 24.5 Å². The van der Waals surface area contributed by atoms with Crippen LogP contribution in [-0.4, -0.2) is 70.7 Å². The number of nitrogens with one attached hydrogen (secondary N) is 2. The second-order valence-electron chi connectivity index (χ2n) is 8.45. The zero-order valence-electron chi connectivity index (χ0n) is 16.4. The Hall–Kier alpha value is -2.79. The maximum absolute atomic E-state index is 13.4. The molecule has 10 nitrogen and oxygen atoms in total. The first kappa shape index (κ1) is 19.2. The smallest absolute Gasteiger partial charge is 0.534 e. The zero-order valence-corrected chi connectivity index (χ0v) is 16.4. The molecule has 3 saturated heterocycles. The highest BCUT2D eigenvalue weighted by atomic mass is 16.5. The Bertz CT molecular complexity index is 942. The van der Waals surface area contributed by atoms with Crippen molar-refractivity contribution < 1.29 is 33.9 Å². The van der Waals surface area contributed by atoms with Crippen LogP contribution in [0.1, 0.15) is 41.6 Å². The normalized spacial score (nSPS) is 32.1. The van der Waals surface area contributed by atoms with E-state index in [-0.39, 0.29) is 41.5 Å². The number of aromatic carboxylic acids is 1. The van der Waals surface area contributed by atoms with Gasteiger partial charge in [0.15, 0.2) is 0 Å². The molecule has 0 aromatic heterocycles. The number of fused-ring (bicyclic) bond motifs is 3. The van der Waals surface area contributed by atoms with Crippen molar-refractivity contribution in [1.29, 1.82) is 0 Å². The van der Waals surface area contributed by atoms with Gasteiger partial charge in [0, 0.05) is 12.1 Å². The van der Waals surface area contributed by atoms with E-state index >= 15 is 0 Å². The van der Waals surface area contributed by atoms with Gasteiger partial charge in [0.25, 0.3) is 5.91 Å². The van der Waals surface area contributed by atoms with Crippen molar-refractivity contribution in [3.63, 3.8) is 0 Å². The number of carboxylic acid groups (broad SMARTS) is 1. The van der Waals surface area contributed by atoms with Crippen LogP contribution in [0.4, 0.5) is 4.79 Å². The molecule has 158 valence electrons. The second kappa shape index (κ2) is 6.61. The van der Waals surface area contributed by atoms with Gasteiger partial charge >= 0.3 is 19.1 Å². The number of urea groups is 1. The molecule has 3 amide bonds. The number of benzene rings is 1. The fourth-order valence-electron chi connectivity index (χ4n) is 5.39. The van der Waals surface area contributed by atoms with E-state index in [0.717, 1.165) is 17.7 Å². The van der Waals surface area contributed by atoms with Crippen molar-refractivity contribution >= 4 is 25.0 Å².